The lowest BCUT2D eigenvalue weighted by molar-refractivity contribution is -0.135. The average molecular weight is 400 g/mol. The molecule has 1 rings (SSSR count). The van der Waals surface area contributed by atoms with Gasteiger partial charge in [0.25, 0.3) is 0 Å². The summed E-state index contributed by atoms with van der Waals surface area (Å²) < 4.78 is 56.3. The molecule has 0 saturated carbocycles. The van der Waals surface area contributed by atoms with Crippen LogP contribution in [-0.2, 0) is 4.79 Å². The van der Waals surface area contributed by atoms with Crippen LogP contribution in [-0.4, -0.2) is 9.89 Å². The summed E-state index contributed by atoms with van der Waals surface area (Å²) in [7, 11) is 0. The van der Waals surface area contributed by atoms with Crippen molar-refractivity contribution in [2.45, 2.75) is 17.8 Å². The summed E-state index contributed by atoms with van der Waals surface area (Å²) in [6.07, 6.45) is 1.46. The molecule has 1 unspecified atom stereocenters. The SMILES string of the molecule is C=CC(C)(C)C([125I])C(=O)Oc1c(F)c(F)cc(F)c1F. The molecule has 7 heteroatoms. The standard InChI is InChI=1S/C13H11F4IO2/c1-4-13(2,3)11(18)12(19)20-10-8(16)6(14)5-7(15)9(10)17/h4-5,11H,1H2,2-3H3/i18-2. The molecule has 0 aliphatic rings. The predicted octanol–water partition coefficient (Wildman–Crippen LogP) is 4.16. The number of halogens is 5. The molecule has 0 heterocycles. The molecule has 0 aliphatic heterocycles. The van der Waals surface area contributed by atoms with Gasteiger partial charge in [-0.2, -0.15) is 8.78 Å². The average Bonchev–Trinajstić information content (AvgIpc) is 2.40. The van der Waals surface area contributed by atoms with E-state index in [1.807, 2.05) is 0 Å². The summed E-state index contributed by atoms with van der Waals surface area (Å²) in [4.78, 5) is 11.8. The van der Waals surface area contributed by atoms with Crippen molar-refractivity contribution >= 4 is 28.6 Å². The first kappa shape index (κ1) is 16.9. The summed E-state index contributed by atoms with van der Waals surface area (Å²) in [5, 5.41) is 0. The van der Waals surface area contributed by atoms with Gasteiger partial charge in [0.1, 0.15) is 3.92 Å². The van der Waals surface area contributed by atoms with Crippen molar-refractivity contribution in [1.82, 2.24) is 0 Å². The Morgan fingerprint density at radius 1 is 1.30 bits per heavy atom. The molecule has 20 heavy (non-hydrogen) atoms. The van der Waals surface area contributed by atoms with E-state index in [-0.39, 0.29) is 6.07 Å². The maximum absolute atomic E-state index is 13.4. The van der Waals surface area contributed by atoms with Crippen molar-refractivity contribution in [2.24, 2.45) is 5.41 Å². The molecule has 0 amide bonds. The van der Waals surface area contributed by atoms with Gasteiger partial charge < -0.3 is 4.74 Å². The number of esters is 1. The Balaban J connectivity index is 3.12. The van der Waals surface area contributed by atoms with E-state index in [9.17, 15) is 22.4 Å². The summed E-state index contributed by atoms with van der Waals surface area (Å²) in [5.41, 5.74) is -0.726. The van der Waals surface area contributed by atoms with Crippen LogP contribution in [0.5, 0.6) is 5.75 Å². The Hall–Kier alpha value is -1.12. The van der Waals surface area contributed by atoms with Gasteiger partial charge in [0.2, 0.25) is 17.4 Å². The molecule has 0 fully saturated rings. The lowest BCUT2D eigenvalue weighted by Gasteiger charge is -2.24. The Labute approximate surface area is 126 Å². The second kappa shape index (κ2) is 6.11. The molecule has 0 saturated heterocycles. The van der Waals surface area contributed by atoms with E-state index in [0.717, 1.165) is 0 Å². The van der Waals surface area contributed by atoms with Gasteiger partial charge in [0, 0.05) is 11.5 Å². The maximum Gasteiger partial charge on any atom is 0.325 e. The van der Waals surface area contributed by atoms with Gasteiger partial charge >= 0.3 is 5.97 Å². The van der Waals surface area contributed by atoms with Gasteiger partial charge in [0.05, 0.1) is 0 Å². The molecule has 0 radical (unpaired) electrons. The molecule has 0 N–H and O–H groups in total. The van der Waals surface area contributed by atoms with Crippen molar-refractivity contribution in [3.63, 3.8) is 0 Å². The minimum Gasteiger partial charge on any atom is -0.419 e. The van der Waals surface area contributed by atoms with E-state index in [4.69, 9.17) is 0 Å². The first-order valence-corrected chi connectivity index (χ1v) is 6.68. The zero-order valence-electron chi connectivity index (χ0n) is 10.6. The third kappa shape index (κ3) is 3.31. The second-order valence-corrected chi connectivity index (χ2v) is 5.85. The molecule has 1 aromatic rings. The number of rotatable bonds is 4. The fraction of sp³-hybridized carbons (Fsp3) is 0.308. The first-order valence-electron chi connectivity index (χ1n) is 5.44. The predicted molar refractivity (Wildman–Crippen MR) is 73.7 cm³/mol. The minimum atomic E-state index is -1.75. The fourth-order valence-corrected chi connectivity index (χ4v) is 1.58. The van der Waals surface area contributed by atoms with Crippen LogP contribution in [0.3, 0.4) is 0 Å². The molecule has 0 spiro atoms. The number of hydrogen-bond acceptors (Lipinski definition) is 2. The number of ether oxygens (including phenoxy) is 1. The largest absolute Gasteiger partial charge is 0.419 e. The summed E-state index contributed by atoms with van der Waals surface area (Å²) in [6, 6.07) is 0.0389. The van der Waals surface area contributed by atoms with Crippen molar-refractivity contribution in [2.75, 3.05) is 0 Å². The Morgan fingerprint density at radius 2 is 1.75 bits per heavy atom. The topological polar surface area (TPSA) is 26.3 Å². The van der Waals surface area contributed by atoms with Gasteiger partial charge in [-0.05, 0) is 0 Å². The Kier molecular flexibility index (Phi) is 5.17. The summed E-state index contributed by atoms with van der Waals surface area (Å²) >= 11 is 1.70. The van der Waals surface area contributed by atoms with Crippen molar-refractivity contribution in [3.8, 4) is 5.75 Å². The van der Waals surface area contributed by atoms with Crippen LogP contribution >= 0.6 is 22.6 Å². The Morgan fingerprint density at radius 3 is 2.15 bits per heavy atom. The highest BCUT2D eigenvalue weighted by molar-refractivity contribution is 14.1. The molecule has 0 bridgehead atoms. The molecule has 2 nitrogen and oxygen atoms in total. The zero-order valence-corrected chi connectivity index (χ0v) is 12.8. The first-order chi connectivity index (χ1) is 9.11. The normalized spacial score (nSPS) is 12.9. The highest BCUT2D eigenvalue weighted by Gasteiger charge is 2.34. The van der Waals surface area contributed by atoms with E-state index in [2.05, 4.69) is 11.3 Å². The van der Waals surface area contributed by atoms with Gasteiger partial charge in [-0.1, -0.05) is 42.5 Å². The maximum atomic E-state index is 13.4. The molecule has 0 aliphatic carbocycles. The number of carbonyl (C=O) groups is 1. The molecular formula is C13H11F4IO2. The molecule has 1 atom stereocenters. The number of allylic oxidation sites excluding steroid dienone is 1. The smallest absolute Gasteiger partial charge is 0.325 e. The molecule has 110 valence electrons. The van der Waals surface area contributed by atoms with Crippen LogP contribution in [0.4, 0.5) is 17.6 Å². The third-order valence-electron chi connectivity index (χ3n) is 2.66. The van der Waals surface area contributed by atoms with Crippen LogP contribution in [0.25, 0.3) is 0 Å². The highest BCUT2D eigenvalue weighted by atomic mass is 125. The number of benzene rings is 1. The fourth-order valence-electron chi connectivity index (χ4n) is 1.20. The summed E-state index contributed by atoms with van der Waals surface area (Å²) in [6.45, 7) is 6.83. The summed E-state index contributed by atoms with van der Waals surface area (Å²) in [5.74, 6) is -9.19. The third-order valence-corrected chi connectivity index (χ3v) is 4.77. The van der Waals surface area contributed by atoms with Crippen molar-refractivity contribution < 1.29 is 27.1 Å². The van der Waals surface area contributed by atoms with Crippen LogP contribution < -0.4 is 4.74 Å². The van der Waals surface area contributed by atoms with Crippen LogP contribution in [0, 0.1) is 28.7 Å². The lowest BCUT2D eigenvalue weighted by Crippen LogP contribution is -2.33. The van der Waals surface area contributed by atoms with Gasteiger partial charge in [0.15, 0.2) is 11.6 Å². The van der Waals surface area contributed by atoms with E-state index >= 15 is 0 Å². The van der Waals surface area contributed by atoms with Gasteiger partial charge in [-0.15, -0.1) is 6.58 Å². The minimum absolute atomic E-state index is 0.0389. The number of carbonyl (C=O) groups excluding carboxylic acids is 1. The van der Waals surface area contributed by atoms with Crippen molar-refractivity contribution in [1.29, 1.82) is 0 Å². The lowest BCUT2D eigenvalue weighted by atomic mass is 9.90. The van der Waals surface area contributed by atoms with Gasteiger partial charge in [-0.3, -0.25) is 4.79 Å². The van der Waals surface area contributed by atoms with Crippen LogP contribution in [0.2, 0.25) is 0 Å². The highest BCUT2D eigenvalue weighted by Crippen LogP contribution is 2.32. The van der Waals surface area contributed by atoms with E-state index in [0.29, 0.717) is 0 Å². The number of alkyl halides is 1. The van der Waals surface area contributed by atoms with Gasteiger partial charge in [-0.25, -0.2) is 8.78 Å². The quantitative estimate of drug-likeness (QED) is 0.144. The van der Waals surface area contributed by atoms with E-state index in [1.54, 1.807) is 36.4 Å². The van der Waals surface area contributed by atoms with Crippen molar-refractivity contribution in [3.05, 3.63) is 42.0 Å². The van der Waals surface area contributed by atoms with Crippen LogP contribution in [0.15, 0.2) is 18.7 Å². The Bertz CT molecular complexity index is 532. The molecule has 0 aromatic heterocycles. The molecule has 1 aromatic carbocycles. The van der Waals surface area contributed by atoms with E-state index < -0.39 is 44.3 Å². The van der Waals surface area contributed by atoms with Crippen LogP contribution in [0.1, 0.15) is 13.8 Å². The van der Waals surface area contributed by atoms with E-state index in [1.165, 1.54) is 6.08 Å². The number of hydrogen-bond donors (Lipinski definition) is 0. The zero-order chi connectivity index (χ0) is 15.7. The second-order valence-electron chi connectivity index (χ2n) is 4.61. The molecular weight excluding hydrogens is 389 g/mol. The monoisotopic (exact) mass is 400 g/mol.